The molecule has 3 heterocycles. The number of aliphatic hydroxyl groups excluding tert-OH is 2. The second kappa shape index (κ2) is 4.40. The van der Waals surface area contributed by atoms with Gasteiger partial charge in [0, 0.05) is 11.8 Å². The molecule has 0 spiro atoms. The van der Waals surface area contributed by atoms with Crippen molar-refractivity contribution in [2.24, 2.45) is 0 Å². The lowest BCUT2D eigenvalue weighted by Crippen LogP contribution is -2.40. The van der Waals surface area contributed by atoms with E-state index in [9.17, 15) is 19.8 Å². The number of rotatable bonds is 2. The number of carboxylic acids is 1. The Morgan fingerprint density at radius 3 is 2.65 bits per heavy atom. The predicted molar refractivity (Wildman–Crippen MR) is 66.0 cm³/mol. The van der Waals surface area contributed by atoms with E-state index in [0.29, 0.717) is 11.1 Å². The van der Waals surface area contributed by atoms with Gasteiger partial charge in [0.25, 0.3) is 5.56 Å². The van der Waals surface area contributed by atoms with Crippen molar-refractivity contribution in [2.45, 2.75) is 24.3 Å². The normalized spacial score (nSPS) is 29.9. The highest BCUT2D eigenvalue weighted by atomic mass is 16.4. The summed E-state index contributed by atoms with van der Waals surface area (Å²) in [5.74, 6) is -1.26. The molecule has 3 rings (SSSR count). The molecule has 4 atom stereocenters. The van der Waals surface area contributed by atoms with Crippen molar-refractivity contribution in [1.82, 2.24) is 20.3 Å². The van der Waals surface area contributed by atoms with Crippen LogP contribution in [0.15, 0.2) is 17.3 Å². The lowest BCUT2D eigenvalue weighted by atomic mass is 10.0. The zero-order valence-corrected chi connectivity index (χ0v) is 10.1. The number of aliphatic hydroxyl groups is 2. The molecule has 0 saturated carbocycles. The summed E-state index contributed by atoms with van der Waals surface area (Å²) in [6.45, 7) is 0. The van der Waals surface area contributed by atoms with E-state index in [4.69, 9.17) is 5.11 Å². The Labute approximate surface area is 111 Å². The number of aliphatic carboxylic acids is 1. The van der Waals surface area contributed by atoms with Crippen LogP contribution in [0.25, 0.3) is 11.0 Å². The van der Waals surface area contributed by atoms with Crippen LogP contribution in [0.2, 0.25) is 0 Å². The Morgan fingerprint density at radius 2 is 2.00 bits per heavy atom. The summed E-state index contributed by atoms with van der Waals surface area (Å²) >= 11 is 0. The van der Waals surface area contributed by atoms with Crippen molar-refractivity contribution in [3.63, 3.8) is 0 Å². The quantitative estimate of drug-likeness (QED) is 0.375. The van der Waals surface area contributed by atoms with Gasteiger partial charge in [0.15, 0.2) is 0 Å². The lowest BCUT2D eigenvalue weighted by Gasteiger charge is -2.14. The molecule has 106 valence electrons. The van der Waals surface area contributed by atoms with Gasteiger partial charge in [-0.2, -0.15) is 0 Å². The number of carbonyl (C=O) groups is 1. The molecule has 0 unspecified atom stereocenters. The number of carboxylic acid groups (broad SMARTS) is 1. The third kappa shape index (κ3) is 1.72. The first kappa shape index (κ1) is 12.8. The number of nitrogens with one attached hydrogen (secondary N) is 3. The first-order valence-corrected chi connectivity index (χ1v) is 5.90. The number of aromatic nitrogens is 3. The van der Waals surface area contributed by atoms with Gasteiger partial charge in [-0.3, -0.25) is 14.9 Å². The average molecular weight is 280 g/mol. The predicted octanol–water partition coefficient (Wildman–Crippen LogP) is -1.93. The highest BCUT2D eigenvalue weighted by Gasteiger charge is 2.46. The molecule has 0 aliphatic carbocycles. The van der Waals surface area contributed by atoms with E-state index in [1.54, 1.807) is 0 Å². The van der Waals surface area contributed by atoms with Crippen molar-refractivity contribution in [1.29, 1.82) is 0 Å². The van der Waals surface area contributed by atoms with Crippen LogP contribution in [-0.4, -0.2) is 54.5 Å². The van der Waals surface area contributed by atoms with Gasteiger partial charge in [-0.05, 0) is 0 Å². The molecule has 0 radical (unpaired) electrons. The van der Waals surface area contributed by atoms with E-state index in [1.807, 2.05) is 0 Å². The zero-order chi connectivity index (χ0) is 14.4. The van der Waals surface area contributed by atoms with Crippen molar-refractivity contribution in [3.05, 3.63) is 28.4 Å². The minimum atomic E-state index is -1.44. The Bertz CT molecular complexity index is 723. The minimum Gasteiger partial charge on any atom is -0.480 e. The van der Waals surface area contributed by atoms with E-state index in [2.05, 4.69) is 20.3 Å². The molecule has 0 bridgehead atoms. The molecule has 2 aromatic heterocycles. The molecule has 6 N–H and O–H groups in total. The topological polar surface area (TPSA) is 151 Å². The molecule has 1 saturated heterocycles. The molecule has 0 amide bonds. The van der Waals surface area contributed by atoms with Crippen molar-refractivity contribution < 1.29 is 20.1 Å². The fraction of sp³-hybridized carbons (Fsp3) is 0.364. The Kier molecular flexibility index (Phi) is 2.82. The number of nitrogens with zero attached hydrogens (tertiary/aromatic N) is 1. The average Bonchev–Trinajstić information content (AvgIpc) is 2.94. The Hall–Kier alpha value is -2.23. The van der Waals surface area contributed by atoms with Crippen LogP contribution < -0.4 is 10.9 Å². The standard InChI is InChI=1S/C11H12N4O5/c16-8-5(15-7(9(8)17)11(19)20)3-1-12-6-4(3)13-2-14-10(6)18/h1-2,5,7-9,12,15-17H,(H,19,20)(H,13,14,18)/t5-,7-,8-,9+/m0/s1. The van der Waals surface area contributed by atoms with Gasteiger partial charge in [0.2, 0.25) is 0 Å². The van der Waals surface area contributed by atoms with Gasteiger partial charge in [0.1, 0.15) is 29.3 Å². The van der Waals surface area contributed by atoms with E-state index >= 15 is 0 Å². The Balaban J connectivity index is 2.06. The highest BCUT2D eigenvalue weighted by molar-refractivity contribution is 5.79. The molecule has 1 aliphatic rings. The van der Waals surface area contributed by atoms with E-state index in [0.717, 1.165) is 0 Å². The fourth-order valence-corrected chi connectivity index (χ4v) is 2.48. The van der Waals surface area contributed by atoms with Crippen LogP contribution >= 0.6 is 0 Å². The summed E-state index contributed by atoms with van der Waals surface area (Å²) in [7, 11) is 0. The van der Waals surface area contributed by atoms with Crippen LogP contribution in [0.3, 0.4) is 0 Å². The first-order chi connectivity index (χ1) is 9.50. The Morgan fingerprint density at radius 1 is 1.25 bits per heavy atom. The summed E-state index contributed by atoms with van der Waals surface area (Å²) in [6, 6.07) is -2.10. The summed E-state index contributed by atoms with van der Waals surface area (Å²) in [6.07, 6.45) is -0.0697. The number of H-pyrrole nitrogens is 2. The molecule has 1 fully saturated rings. The lowest BCUT2D eigenvalue weighted by molar-refractivity contribution is -0.142. The van der Waals surface area contributed by atoms with Crippen molar-refractivity contribution >= 4 is 17.0 Å². The van der Waals surface area contributed by atoms with E-state index in [1.165, 1.54) is 12.5 Å². The summed E-state index contributed by atoms with van der Waals surface area (Å²) < 4.78 is 0. The summed E-state index contributed by atoms with van der Waals surface area (Å²) in [4.78, 5) is 31.7. The molecule has 2 aromatic rings. The largest absolute Gasteiger partial charge is 0.480 e. The third-order valence-corrected chi connectivity index (χ3v) is 3.49. The third-order valence-electron chi connectivity index (χ3n) is 3.49. The van der Waals surface area contributed by atoms with Crippen LogP contribution in [0.1, 0.15) is 11.6 Å². The van der Waals surface area contributed by atoms with Gasteiger partial charge in [0.05, 0.1) is 12.4 Å². The van der Waals surface area contributed by atoms with Gasteiger partial charge in [-0.25, -0.2) is 4.98 Å². The number of hydrogen-bond acceptors (Lipinski definition) is 6. The van der Waals surface area contributed by atoms with Gasteiger partial charge in [-0.1, -0.05) is 0 Å². The van der Waals surface area contributed by atoms with Crippen LogP contribution in [0.4, 0.5) is 0 Å². The van der Waals surface area contributed by atoms with Crippen LogP contribution in [0, 0.1) is 0 Å². The van der Waals surface area contributed by atoms with Crippen molar-refractivity contribution in [3.8, 4) is 0 Å². The monoisotopic (exact) mass is 280 g/mol. The summed E-state index contributed by atoms with van der Waals surface area (Å²) in [5, 5.41) is 31.3. The maximum atomic E-state index is 11.6. The first-order valence-electron chi connectivity index (χ1n) is 5.90. The smallest absolute Gasteiger partial charge is 0.323 e. The number of fused-ring (bicyclic) bond motifs is 1. The SMILES string of the molecule is O=C(O)[C@H]1N[C@@H](c2c[nH]c3c(=O)[nH]cnc23)[C@H](O)[C@@H]1O. The second-order valence-corrected chi connectivity index (χ2v) is 4.64. The fourth-order valence-electron chi connectivity index (χ4n) is 2.48. The molecular weight excluding hydrogens is 268 g/mol. The maximum absolute atomic E-state index is 11.6. The summed E-state index contributed by atoms with van der Waals surface area (Å²) in [5.41, 5.74) is 0.610. The zero-order valence-electron chi connectivity index (χ0n) is 10.1. The van der Waals surface area contributed by atoms with Crippen LogP contribution in [-0.2, 0) is 4.79 Å². The molecule has 9 nitrogen and oxygen atoms in total. The van der Waals surface area contributed by atoms with E-state index < -0.39 is 30.3 Å². The molecular formula is C11H12N4O5. The molecule has 0 aromatic carbocycles. The maximum Gasteiger partial charge on any atom is 0.323 e. The van der Waals surface area contributed by atoms with Crippen LogP contribution in [0.5, 0.6) is 0 Å². The number of aromatic amines is 2. The van der Waals surface area contributed by atoms with Crippen molar-refractivity contribution in [2.75, 3.05) is 0 Å². The van der Waals surface area contributed by atoms with Gasteiger partial charge < -0.3 is 25.3 Å². The van der Waals surface area contributed by atoms with Gasteiger partial charge >= 0.3 is 5.97 Å². The molecule has 20 heavy (non-hydrogen) atoms. The highest BCUT2D eigenvalue weighted by Crippen LogP contribution is 2.30. The molecule has 1 aliphatic heterocycles. The number of hydrogen-bond donors (Lipinski definition) is 6. The second-order valence-electron chi connectivity index (χ2n) is 4.64. The van der Waals surface area contributed by atoms with Gasteiger partial charge in [-0.15, -0.1) is 0 Å². The van der Waals surface area contributed by atoms with E-state index in [-0.39, 0.29) is 11.1 Å². The molecule has 9 heteroatoms. The minimum absolute atomic E-state index is 0.227.